The molecule has 0 bridgehead atoms. The van der Waals surface area contributed by atoms with E-state index in [4.69, 9.17) is 4.74 Å². The summed E-state index contributed by atoms with van der Waals surface area (Å²) in [5.74, 6) is 0.455. The SMILES string of the molecule is CCOC(=O)/C=C/C=C/C1CCCCC1. The first-order valence-electron chi connectivity index (χ1n) is 5.84. The number of hydrogen-bond acceptors (Lipinski definition) is 2. The maximum Gasteiger partial charge on any atom is 0.330 e. The third kappa shape index (κ3) is 5.40. The average Bonchev–Trinajstić information content (AvgIpc) is 2.26. The van der Waals surface area contributed by atoms with Crippen molar-refractivity contribution in [2.75, 3.05) is 6.61 Å². The average molecular weight is 208 g/mol. The van der Waals surface area contributed by atoms with Crippen molar-refractivity contribution in [3.8, 4) is 0 Å². The second kappa shape index (κ2) is 7.27. The van der Waals surface area contributed by atoms with E-state index in [0.29, 0.717) is 12.5 Å². The van der Waals surface area contributed by atoms with E-state index < -0.39 is 0 Å². The molecule has 15 heavy (non-hydrogen) atoms. The van der Waals surface area contributed by atoms with E-state index >= 15 is 0 Å². The molecular formula is C13H20O2. The van der Waals surface area contributed by atoms with Gasteiger partial charge in [-0.05, 0) is 25.7 Å². The number of carbonyl (C=O) groups is 1. The molecule has 1 aliphatic carbocycles. The molecule has 1 saturated carbocycles. The van der Waals surface area contributed by atoms with E-state index in [2.05, 4.69) is 6.08 Å². The lowest BCUT2D eigenvalue weighted by Gasteiger charge is -2.17. The molecule has 0 radical (unpaired) electrons. The number of ether oxygens (including phenoxy) is 1. The Hall–Kier alpha value is -1.05. The largest absolute Gasteiger partial charge is 0.463 e. The lowest BCUT2D eigenvalue weighted by molar-refractivity contribution is -0.137. The quantitative estimate of drug-likeness (QED) is 0.403. The van der Waals surface area contributed by atoms with Crippen molar-refractivity contribution in [2.45, 2.75) is 39.0 Å². The molecule has 0 aromatic carbocycles. The van der Waals surface area contributed by atoms with Gasteiger partial charge in [0.2, 0.25) is 0 Å². The molecule has 0 spiro atoms. The molecule has 0 aliphatic heterocycles. The number of rotatable bonds is 4. The van der Waals surface area contributed by atoms with E-state index in [-0.39, 0.29) is 5.97 Å². The molecule has 84 valence electrons. The van der Waals surface area contributed by atoms with Gasteiger partial charge in [-0.3, -0.25) is 0 Å². The van der Waals surface area contributed by atoms with Crippen LogP contribution in [0.3, 0.4) is 0 Å². The summed E-state index contributed by atoms with van der Waals surface area (Å²) in [4.78, 5) is 11.0. The molecule has 1 rings (SSSR count). The fourth-order valence-electron chi connectivity index (χ4n) is 1.87. The van der Waals surface area contributed by atoms with Gasteiger partial charge in [0.25, 0.3) is 0 Å². The first kappa shape index (κ1) is 12.0. The van der Waals surface area contributed by atoms with Crippen molar-refractivity contribution in [3.63, 3.8) is 0 Å². The van der Waals surface area contributed by atoms with Gasteiger partial charge in [-0.25, -0.2) is 4.79 Å². The fraction of sp³-hybridized carbons (Fsp3) is 0.615. The third-order valence-electron chi connectivity index (χ3n) is 2.66. The minimum atomic E-state index is -0.259. The number of carbonyl (C=O) groups excluding carboxylic acids is 1. The summed E-state index contributed by atoms with van der Waals surface area (Å²) in [5.41, 5.74) is 0. The Morgan fingerprint density at radius 1 is 1.27 bits per heavy atom. The van der Waals surface area contributed by atoms with Gasteiger partial charge >= 0.3 is 5.97 Å². The Morgan fingerprint density at radius 2 is 2.00 bits per heavy atom. The van der Waals surface area contributed by atoms with Crippen LogP contribution in [-0.2, 0) is 9.53 Å². The van der Waals surface area contributed by atoms with Crippen molar-refractivity contribution >= 4 is 5.97 Å². The summed E-state index contributed by atoms with van der Waals surface area (Å²) in [5, 5.41) is 0. The van der Waals surface area contributed by atoms with E-state index in [9.17, 15) is 4.79 Å². The molecule has 1 fully saturated rings. The zero-order valence-corrected chi connectivity index (χ0v) is 9.45. The van der Waals surface area contributed by atoms with E-state index in [0.717, 1.165) is 0 Å². The smallest absolute Gasteiger partial charge is 0.330 e. The van der Waals surface area contributed by atoms with E-state index in [1.165, 1.54) is 38.2 Å². The second-order valence-electron chi connectivity index (χ2n) is 3.89. The van der Waals surface area contributed by atoms with Crippen LogP contribution in [0, 0.1) is 5.92 Å². The first-order chi connectivity index (χ1) is 7.33. The van der Waals surface area contributed by atoms with Crippen LogP contribution >= 0.6 is 0 Å². The van der Waals surface area contributed by atoms with Gasteiger partial charge in [-0.15, -0.1) is 0 Å². The molecule has 0 heterocycles. The van der Waals surface area contributed by atoms with Crippen LogP contribution in [0.25, 0.3) is 0 Å². The monoisotopic (exact) mass is 208 g/mol. The summed E-state index contributed by atoms with van der Waals surface area (Å²) in [6.45, 7) is 2.25. The zero-order chi connectivity index (χ0) is 10.9. The highest BCUT2D eigenvalue weighted by molar-refractivity contribution is 5.82. The van der Waals surface area contributed by atoms with Gasteiger partial charge in [0, 0.05) is 6.08 Å². The minimum Gasteiger partial charge on any atom is -0.463 e. The third-order valence-corrected chi connectivity index (χ3v) is 2.66. The molecule has 0 unspecified atom stereocenters. The van der Waals surface area contributed by atoms with Crippen LogP contribution in [0.1, 0.15) is 39.0 Å². The molecule has 0 aromatic rings. The molecule has 2 nitrogen and oxygen atoms in total. The highest BCUT2D eigenvalue weighted by Gasteiger charge is 2.08. The van der Waals surface area contributed by atoms with Crippen LogP contribution in [-0.4, -0.2) is 12.6 Å². The number of allylic oxidation sites excluding steroid dienone is 3. The van der Waals surface area contributed by atoms with Crippen molar-refractivity contribution in [2.24, 2.45) is 5.92 Å². The summed E-state index contributed by atoms with van der Waals surface area (Å²) in [7, 11) is 0. The molecule has 0 atom stereocenters. The summed E-state index contributed by atoms with van der Waals surface area (Å²) >= 11 is 0. The molecule has 0 amide bonds. The topological polar surface area (TPSA) is 26.3 Å². The van der Waals surface area contributed by atoms with Gasteiger partial charge in [-0.2, -0.15) is 0 Å². The van der Waals surface area contributed by atoms with Crippen LogP contribution in [0.15, 0.2) is 24.3 Å². The Morgan fingerprint density at radius 3 is 2.67 bits per heavy atom. The Labute approximate surface area is 92.0 Å². The van der Waals surface area contributed by atoms with Crippen LogP contribution < -0.4 is 0 Å². The molecule has 2 heteroatoms. The van der Waals surface area contributed by atoms with Gasteiger partial charge in [-0.1, -0.05) is 37.5 Å². The normalized spacial score (nSPS) is 18.7. The predicted molar refractivity (Wildman–Crippen MR) is 61.5 cm³/mol. The van der Waals surface area contributed by atoms with Gasteiger partial charge < -0.3 is 4.74 Å². The second-order valence-corrected chi connectivity index (χ2v) is 3.89. The van der Waals surface area contributed by atoms with Crippen molar-refractivity contribution in [1.29, 1.82) is 0 Å². The Kier molecular flexibility index (Phi) is 5.83. The number of esters is 1. The maximum atomic E-state index is 11.0. The van der Waals surface area contributed by atoms with Crippen LogP contribution in [0.5, 0.6) is 0 Å². The van der Waals surface area contributed by atoms with Crippen LogP contribution in [0.4, 0.5) is 0 Å². The Balaban J connectivity index is 2.22. The minimum absolute atomic E-state index is 0.259. The maximum absolute atomic E-state index is 11.0. The van der Waals surface area contributed by atoms with Crippen molar-refractivity contribution < 1.29 is 9.53 Å². The molecule has 0 N–H and O–H groups in total. The highest BCUT2D eigenvalue weighted by Crippen LogP contribution is 2.24. The fourth-order valence-corrected chi connectivity index (χ4v) is 1.87. The standard InChI is InChI=1S/C13H20O2/c1-2-15-13(14)11-7-6-10-12-8-4-3-5-9-12/h6-7,10-12H,2-5,8-9H2,1H3/b10-6+,11-7+. The molecule has 0 saturated heterocycles. The molecule has 0 aromatic heterocycles. The van der Waals surface area contributed by atoms with Gasteiger partial charge in [0.05, 0.1) is 6.61 Å². The zero-order valence-electron chi connectivity index (χ0n) is 9.45. The molecular weight excluding hydrogens is 188 g/mol. The van der Waals surface area contributed by atoms with E-state index in [1.54, 1.807) is 6.08 Å². The predicted octanol–water partition coefficient (Wildman–Crippen LogP) is 3.24. The Bertz CT molecular complexity index is 235. The van der Waals surface area contributed by atoms with Gasteiger partial charge in [0.1, 0.15) is 0 Å². The van der Waals surface area contributed by atoms with Gasteiger partial charge in [0.15, 0.2) is 0 Å². The highest BCUT2D eigenvalue weighted by atomic mass is 16.5. The first-order valence-corrected chi connectivity index (χ1v) is 5.84. The van der Waals surface area contributed by atoms with Crippen molar-refractivity contribution in [1.82, 2.24) is 0 Å². The summed E-state index contributed by atoms with van der Waals surface area (Å²) in [6, 6.07) is 0. The van der Waals surface area contributed by atoms with Crippen LogP contribution in [0.2, 0.25) is 0 Å². The summed E-state index contributed by atoms with van der Waals surface area (Å²) < 4.78 is 4.77. The van der Waals surface area contributed by atoms with Crippen molar-refractivity contribution in [3.05, 3.63) is 24.3 Å². The summed E-state index contributed by atoms with van der Waals surface area (Å²) in [6.07, 6.45) is 14.1. The molecule has 1 aliphatic rings. The van der Waals surface area contributed by atoms with E-state index in [1.807, 2.05) is 13.0 Å². The number of hydrogen-bond donors (Lipinski definition) is 0. The lowest BCUT2D eigenvalue weighted by atomic mass is 9.89. The lowest BCUT2D eigenvalue weighted by Crippen LogP contribution is -2.02.